The van der Waals surface area contributed by atoms with Crippen LogP contribution in [0.3, 0.4) is 0 Å². The molecule has 0 saturated carbocycles. The van der Waals surface area contributed by atoms with Crippen LogP contribution in [0.4, 0.5) is 0 Å². The highest BCUT2D eigenvalue weighted by atomic mass is 32.2. The molecule has 0 amide bonds. The monoisotopic (exact) mass is 357 g/mol. The molecule has 0 aliphatic heterocycles. The highest BCUT2D eigenvalue weighted by Gasteiger charge is 2.15. The number of nitrogens with one attached hydrogen (secondary N) is 1. The van der Waals surface area contributed by atoms with Gasteiger partial charge in [-0.15, -0.1) is 0 Å². The fraction of sp³-hybridized carbons (Fsp3) is 0.222. The molecule has 3 aromatic rings. The molecule has 0 aliphatic rings. The van der Waals surface area contributed by atoms with E-state index in [1.807, 2.05) is 50.2 Å². The lowest BCUT2D eigenvalue weighted by atomic mass is 10.1. The molecule has 130 valence electrons. The van der Waals surface area contributed by atoms with E-state index in [-0.39, 0.29) is 18.2 Å². The van der Waals surface area contributed by atoms with Crippen LogP contribution in [0.5, 0.6) is 0 Å². The van der Waals surface area contributed by atoms with E-state index in [1.165, 1.54) is 0 Å². The molecule has 7 heteroatoms. The molecule has 0 atom stereocenters. The van der Waals surface area contributed by atoms with Crippen LogP contribution in [0.2, 0.25) is 0 Å². The Labute approximate surface area is 147 Å². The third kappa shape index (κ3) is 4.52. The number of aryl methyl sites for hydroxylation is 2. The van der Waals surface area contributed by atoms with Crippen molar-refractivity contribution in [2.24, 2.45) is 0 Å². The Balaban J connectivity index is 1.65. The topological polar surface area (TPSA) is 85.1 Å². The molecule has 6 nitrogen and oxygen atoms in total. The molecule has 0 bridgehead atoms. The minimum atomic E-state index is -3.49. The Morgan fingerprint density at radius 1 is 1.04 bits per heavy atom. The molecular weight excluding hydrogens is 338 g/mol. The second-order valence-electron chi connectivity index (χ2n) is 5.89. The van der Waals surface area contributed by atoms with Crippen LogP contribution < -0.4 is 4.72 Å². The first-order chi connectivity index (χ1) is 11.9. The van der Waals surface area contributed by atoms with Gasteiger partial charge in [0.05, 0.1) is 12.3 Å². The van der Waals surface area contributed by atoms with E-state index < -0.39 is 10.0 Å². The minimum absolute atomic E-state index is 0.0346. The molecule has 2 aromatic carbocycles. The predicted octanol–water partition coefficient (Wildman–Crippen LogP) is 2.97. The molecule has 0 saturated heterocycles. The predicted molar refractivity (Wildman–Crippen MR) is 95.1 cm³/mol. The second-order valence-corrected chi connectivity index (χ2v) is 7.70. The summed E-state index contributed by atoms with van der Waals surface area (Å²) < 4.78 is 32.0. The number of hydrogen-bond acceptors (Lipinski definition) is 5. The highest BCUT2D eigenvalue weighted by molar-refractivity contribution is 7.88. The van der Waals surface area contributed by atoms with Gasteiger partial charge in [0.1, 0.15) is 0 Å². The SMILES string of the molecule is Cc1ccc(CS(=O)(=O)NCc2nc(-c3ccccc3C)no2)cc1. The van der Waals surface area contributed by atoms with Crippen molar-refractivity contribution in [2.75, 3.05) is 0 Å². The normalized spacial score (nSPS) is 11.6. The van der Waals surface area contributed by atoms with E-state index in [9.17, 15) is 8.42 Å². The Morgan fingerprint density at radius 2 is 1.76 bits per heavy atom. The molecule has 0 radical (unpaired) electrons. The largest absolute Gasteiger partial charge is 0.338 e. The van der Waals surface area contributed by atoms with Gasteiger partial charge in [-0.25, -0.2) is 13.1 Å². The van der Waals surface area contributed by atoms with E-state index >= 15 is 0 Å². The first-order valence-electron chi connectivity index (χ1n) is 7.84. The summed E-state index contributed by atoms with van der Waals surface area (Å²) in [7, 11) is -3.49. The van der Waals surface area contributed by atoms with Gasteiger partial charge in [-0.05, 0) is 25.0 Å². The first-order valence-corrected chi connectivity index (χ1v) is 9.50. The molecule has 3 rings (SSSR count). The second kappa shape index (κ2) is 7.16. The third-order valence-electron chi connectivity index (χ3n) is 3.77. The van der Waals surface area contributed by atoms with Crippen LogP contribution in [-0.4, -0.2) is 18.6 Å². The van der Waals surface area contributed by atoms with Gasteiger partial charge < -0.3 is 4.52 Å². The van der Waals surface area contributed by atoms with Crippen molar-refractivity contribution < 1.29 is 12.9 Å². The number of benzene rings is 2. The average molecular weight is 357 g/mol. The van der Waals surface area contributed by atoms with Gasteiger partial charge in [0.15, 0.2) is 0 Å². The standard InChI is InChI=1S/C18H19N3O3S/c1-13-7-9-15(10-8-13)12-25(22,23)19-11-17-20-18(21-24-17)16-6-4-3-5-14(16)2/h3-10,19H,11-12H2,1-2H3. The van der Waals surface area contributed by atoms with E-state index in [2.05, 4.69) is 14.9 Å². The van der Waals surface area contributed by atoms with Crippen LogP contribution in [0.15, 0.2) is 53.1 Å². The Morgan fingerprint density at radius 3 is 2.48 bits per heavy atom. The van der Waals surface area contributed by atoms with Gasteiger partial charge in [0, 0.05) is 5.56 Å². The van der Waals surface area contributed by atoms with Gasteiger partial charge >= 0.3 is 0 Å². The average Bonchev–Trinajstić information content (AvgIpc) is 3.04. The van der Waals surface area contributed by atoms with Gasteiger partial charge in [-0.1, -0.05) is 59.3 Å². The Kier molecular flexibility index (Phi) is 4.96. The first kappa shape index (κ1) is 17.3. The summed E-state index contributed by atoms with van der Waals surface area (Å²) in [6, 6.07) is 15.0. The van der Waals surface area contributed by atoms with Crippen molar-refractivity contribution in [2.45, 2.75) is 26.1 Å². The summed E-state index contributed by atoms with van der Waals surface area (Å²) in [6.07, 6.45) is 0. The lowest BCUT2D eigenvalue weighted by molar-refractivity contribution is 0.376. The van der Waals surface area contributed by atoms with E-state index in [1.54, 1.807) is 12.1 Å². The van der Waals surface area contributed by atoms with E-state index in [4.69, 9.17) is 4.52 Å². The smallest absolute Gasteiger partial charge is 0.242 e. The number of sulfonamides is 1. The zero-order valence-corrected chi connectivity index (χ0v) is 14.9. The summed E-state index contributed by atoms with van der Waals surface area (Å²) in [5, 5.41) is 3.92. The van der Waals surface area contributed by atoms with Crippen molar-refractivity contribution in [3.63, 3.8) is 0 Å². The summed E-state index contributed by atoms with van der Waals surface area (Å²) in [4.78, 5) is 4.26. The highest BCUT2D eigenvalue weighted by Crippen LogP contribution is 2.19. The lowest BCUT2D eigenvalue weighted by Gasteiger charge is -2.05. The fourth-order valence-corrected chi connectivity index (χ4v) is 3.46. The molecule has 1 N–H and O–H groups in total. The summed E-state index contributed by atoms with van der Waals surface area (Å²) in [6.45, 7) is 3.88. The van der Waals surface area contributed by atoms with Gasteiger partial charge in [0.25, 0.3) is 0 Å². The van der Waals surface area contributed by atoms with Crippen LogP contribution in [0.1, 0.15) is 22.6 Å². The van der Waals surface area contributed by atoms with Gasteiger partial charge in [-0.3, -0.25) is 0 Å². The molecule has 1 aromatic heterocycles. The maximum absolute atomic E-state index is 12.2. The maximum Gasteiger partial charge on any atom is 0.242 e. The lowest BCUT2D eigenvalue weighted by Crippen LogP contribution is -2.24. The van der Waals surface area contributed by atoms with Crippen LogP contribution in [0.25, 0.3) is 11.4 Å². The summed E-state index contributed by atoms with van der Waals surface area (Å²) >= 11 is 0. The number of nitrogens with zero attached hydrogens (tertiary/aromatic N) is 2. The third-order valence-corrected chi connectivity index (χ3v) is 5.07. The zero-order valence-electron chi connectivity index (χ0n) is 14.1. The van der Waals surface area contributed by atoms with Crippen molar-refractivity contribution in [3.05, 3.63) is 71.1 Å². The fourth-order valence-electron chi connectivity index (χ4n) is 2.39. The molecule has 1 heterocycles. The van der Waals surface area contributed by atoms with Crippen molar-refractivity contribution in [1.82, 2.24) is 14.9 Å². The van der Waals surface area contributed by atoms with Crippen molar-refractivity contribution in [1.29, 1.82) is 0 Å². The summed E-state index contributed by atoms with van der Waals surface area (Å²) in [5.74, 6) is 0.586. The molecule has 0 unspecified atom stereocenters. The molecular formula is C18H19N3O3S. The minimum Gasteiger partial charge on any atom is -0.338 e. The van der Waals surface area contributed by atoms with Crippen molar-refractivity contribution in [3.8, 4) is 11.4 Å². The molecule has 0 spiro atoms. The van der Waals surface area contributed by atoms with Crippen molar-refractivity contribution >= 4 is 10.0 Å². The number of aromatic nitrogens is 2. The summed E-state index contributed by atoms with van der Waals surface area (Å²) in [5.41, 5.74) is 3.70. The van der Waals surface area contributed by atoms with Gasteiger partial charge in [-0.2, -0.15) is 4.98 Å². The van der Waals surface area contributed by atoms with Crippen LogP contribution in [0, 0.1) is 13.8 Å². The zero-order chi connectivity index (χ0) is 17.9. The Hall–Kier alpha value is -2.51. The van der Waals surface area contributed by atoms with Gasteiger partial charge in [0.2, 0.25) is 21.7 Å². The maximum atomic E-state index is 12.2. The quantitative estimate of drug-likeness (QED) is 0.733. The molecule has 25 heavy (non-hydrogen) atoms. The van der Waals surface area contributed by atoms with Crippen LogP contribution >= 0.6 is 0 Å². The number of hydrogen-bond donors (Lipinski definition) is 1. The van der Waals surface area contributed by atoms with Crippen LogP contribution in [-0.2, 0) is 22.3 Å². The Bertz CT molecular complexity index is 963. The van der Waals surface area contributed by atoms with E-state index in [0.29, 0.717) is 5.82 Å². The molecule has 0 aliphatic carbocycles. The van der Waals surface area contributed by atoms with E-state index in [0.717, 1.165) is 22.3 Å². The molecule has 0 fully saturated rings. The number of rotatable bonds is 6.